The van der Waals surface area contributed by atoms with Gasteiger partial charge in [0.2, 0.25) is 0 Å². The van der Waals surface area contributed by atoms with Gasteiger partial charge in [-0.2, -0.15) is 0 Å². The third-order valence-electron chi connectivity index (χ3n) is 5.15. The van der Waals surface area contributed by atoms with Crippen LogP contribution in [-0.2, 0) is 7.05 Å². The van der Waals surface area contributed by atoms with Gasteiger partial charge >= 0.3 is 5.69 Å². The predicted octanol–water partition coefficient (Wildman–Crippen LogP) is 2.69. The number of fused-ring (bicyclic) bond motifs is 2. The average molecular weight is 453 g/mol. The summed E-state index contributed by atoms with van der Waals surface area (Å²) in [5.41, 5.74) is 0.153. The van der Waals surface area contributed by atoms with E-state index >= 15 is 0 Å². The summed E-state index contributed by atoms with van der Waals surface area (Å²) in [7, 11) is 1.63. The second-order valence-electron chi connectivity index (χ2n) is 7.24. The first-order chi connectivity index (χ1) is 15.4. The quantitative estimate of drug-likeness (QED) is 0.497. The maximum Gasteiger partial charge on any atom is 0.333 e. The monoisotopic (exact) mass is 452 g/mol. The van der Waals surface area contributed by atoms with Gasteiger partial charge < -0.3 is 24.3 Å². The highest BCUT2D eigenvalue weighted by Gasteiger charge is 2.21. The van der Waals surface area contributed by atoms with Gasteiger partial charge in [-0.3, -0.25) is 9.59 Å². The third kappa shape index (κ3) is 3.32. The summed E-state index contributed by atoms with van der Waals surface area (Å²) in [6.07, 6.45) is 1.50. The van der Waals surface area contributed by atoms with Gasteiger partial charge in [0.05, 0.1) is 16.8 Å². The van der Waals surface area contributed by atoms with Crippen molar-refractivity contribution in [2.24, 2.45) is 7.05 Å². The molecule has 2 aromatic heterocycles. The molecule has 0 atom stereocenters. The van der Waals surface area contributed by atoms with Gasteiger partial charge in [0.1, 0.15) is 18.7 Å². The molecule has 3 heterocycles. The number of halogens is 1. The summed E-state index contributed by atoms with van der Waals surface area (Å²) in [5.74, 6) is 0.657. The number of nitrogens with one attached hydrogen (secondary N) is 2. The zero-order chi connectivity index (χ0) is 22.4. The van der Waals surface area contributed by atoms with E-state index in [0.29, 0.717) is 41.1 Å². The van der Waals surface area contributed by atoms with Crippen LogP contribution in [0, 0.1) is 0 Å². The van der Waals surface area contributed by atoms with Gasteiger partial charge in [-0.25, -0.2) is 9.36 Å². The van der Waals surface area contributed by atoms with Crippen molar-refractivity contribution >= 4 is 34.2 Å². The van der Waals surface area contributed by atoms with Crippen LogP contribution >= 0.6 is 11.6 Å². The molecule has 1 aliphatic heterocycles. The third-order valence-corrected chi connectivity index (χ3v) is 5.40. The Bertz CT molecular complexity index is 1480. The lowest BCUT2D eigenvalue weighted by atomic mass is 10.2. The molecule has 1 amide bonds. The van der Waals surface area contributed by atoms with Crippen molar-refractivity contribution in [2.45, 2.75) is 0 Å². The van der Waals surface area contributed by atoms with Crippen LogP contribution in [0.3, 0.4) is 0 Å². The number of aromatic nitrogens is 3. The lowest BCUT2D eigenvalue weighted by molar-refractivity contribution is 0.102. The fraction of sp³-hybridized carbons (Fsp3) is 0.136. The molecule has 4 aromatic rings. The largest absolute Gasteiger partial charge is 0.486 e. The number of benzene rings is 2. The molecule has 0 fully saturated rings. The van der Waals surface area contributed by atoms with Crippen LogP contribution in [0.25, 0.3) is 16.7 Å². The van der Waals surface area contributed by atoms with Crippen molar-refractivity contribution in [3.8, 4) is 17.2 Å². The Kier molecular flexibility index (Phi) is 4.75. The first-order valence-corrected chi connectivity index (χ1v) is 10.1. The number of ether oxygens (including phenoxy) is 2. The first-order valence-electron chi connectivity index (χ1n) is 9.73. The van der Waals surface area contributed by atoms with Gasteiger partial charge in [0.25, 0.3) is 11.5 Å². The van der Waals surface area contributed by atoms with E-state index in [4.69, 9.17) is 21.1 Å². The second-order valence-corrected chi connectivity index (χ2v) is 7.67. The molecule has 0 saturated carbocycles. The van der Waals surface area contributed by atoms with Crippen LogP contribution in [0.5, 0.6) is 11.5 Å². The van der Waals surface area contributed by atoms with E-state index in [2.05, 4.69) is 10.3 Å². The number of aromatic amines is 1. The highest BCUT2D eigenvalue weighted by Crippen LogP contribution is 2.32. The molecule has 9 nitrogen and oxygen atoms in total. The Hall–Kier alpha value is -3.98. The summed E-state index contributed by atoms with van der Waals surface area (Å²) in [5, 5.41) is 3.25. The minimum Gasteiger partial charge on any atom is -0.486 e. The van der Waals surface area contributed by atoms with Gasteiger partial charge in [-0.15, -0.1) is 0 Å². The molecule has 0 spiro atoms. The zero-order valence-corrected chi connectivity index (χ0v) is 17.6. The van der Waals surface area contributed by atoms with Crippen molar-refractivity contribution < 1.29 is 14.3 Å². The Morgan fingerprint density at radius 1 is 1.06 bits per heavy atom. The van der Waals surface area contributed by atoms with Crippen LogP contribution in [-0.4, -0.2) is 33.2 Å². The molecule has 0 unspecified atom stereocenters. The number of hydrogen-bond donors (Lipinski definition) is 2. The van der Waals surface area contributed by atoms with Gasteiger partial charge in [-0.1, -0.05) is 11.6 Å². The maximum absolute atomic E-state index is 13.1. The number of rotatable bonds is 3. The Balaban J connectivity index is 1.55. The highest BCUT2D eigenvalue weighted by atomic mass is 35.5. The lowest BCUT2D eigenvalue weighted by Crippen LogP contribution is -2.34. The molecule has 5 rings (SSSR count). The molecule has 10 heteroatoms. The summed E-state index contributed by atoms with van der Waals surface area (Å²) < 4.78 is 13.5. The number of H-pyrrole nitrogens is 1. The van der Waals surface area contributed by atoms with E-state index in [9.17, 15) is 14.4 Å². The fourth-order valence-electron chi connectivity index (χ4n) is 3.69. The van der Waals surface area contributed by atoms with Gasteiger partial charge in [-0.05, 0) is 36.4 Å². The van der Waals surface area contributed by atoms with Gasteiger partial charge in [0.15, 0.2) is 11.5 Å². The lowest BCUT2D eigenvalue weighted by Gasteiger charge is -2.18. The molecule has 162 valence electrons. The molecule has 2 aromatic carbocycles. The molecular weight excluding hydrogens is 436 g/mol. The summed E-state index contributed by atoms with van der Waals surface area (Å²) in [6, 6.07) is 11.4. The van der Waals surface area contributed by atoms with Crippen LogP contribution in [0.4, 0.5) is 5.69 Å². The van der Waals surface area contributed by atoms with Crippen LogP contribution in [0.1, 0.15) is 10.4 Å². The molecule has 2 N–H and O–H groups in total. The average Bonchev–Trinajstić information content (AvgIpc) is 3.11. The number of amides is 1. The van der Waals surface area contributed by atoms with Crippen LogP contribution in [0.2, 0.25) is 5.02 Å². The van der Waals surface area contributed by atoms with E-state index in [1.807, 2.05) is 0 Å². The molecule has 0 radical (unpaired) electrons. The number of nitrogens with zero attached hydrogens (tertiary/aromatic N) is 2. The van der Waals surface area contributed by atoms with E-state index in [1.54, 1.807) is 49.5 Å². The number of carbonyl (C=O) groups is 1. The van der Waals surface area contributed by atoms with Crippen LogP contribution < -0.4 is 26.0 Å². The van der Waals surface area contributed by atoms with Crippen molar-refractivity contribution in [3.63, 3.8) is 0 Å². The van der Waals surface area contributed by atoms with E-state index in [-0.39, 0.29) is 16.6 Å². The second kappa shape index (κ2) is 7.61. The van der Waals surface area contributed by atoms with Crippen molar-refractivity contribution in [1.82, 2.24) is 14.1 Å². The summed E-state index contributed by atoms with van der Waals surface area (Å²) >= 11 is 5.91. The Labute approximate surface area is 185 Å². The molecule has 0 saturated heterocycles. The number of hydrogen-bond acceptors (Lipinski definition) is 5. The first kappa shape index (κ1) is 20.0. The normalized spacial score (nSPS) is 12.7. The topological polar surface area (TPSA) is 107 Å². The predicted molar refractivity (Wildman–Crippen MR) is 120 cm³/mol. The number of carbonyl (C=O) groups excluding carboxylic acids is 1. The molecular formula is C22H17ClN4O5. The smallest absolute Gasteiger partial charge is 0.333 e. The molecule has 32 heavy (non-hydrogen) atoms. The van der Waals surface area contributed by atoms with E-state index < -0.39 is 17.2 Å². The van der Waals surface area contributed by atoms with E-state index in [0.717, 1.165) is 4.57 Å². The molecule has 0 bridgehead atoms. The molecule has 0 aliphatic carbocycles. The van der Waals surface area contributed by atoms with Crippen molar-refractivity contribution in [3.05, 3.63) is 80.1 Å². The standard InChI is InChI=1S/C22H17ClN4O5/c1-26-11-15(20(28)24-13-4-7-16-17(10-13)32-9-8-31-16)18-19(26)21(29)27(22(30)25-18)14-5-2-12(23)3-6-14/h2-7,10-11H,8-9H2,1H3,(H,24,28)(H,25,30). The Morgan fingerprint density at radius 2 is 1.78 bits per heavy atom. The van der Waals surface area contributed by atoms with Crippen molar-refractivity contribution in [2.75, 3.05) is 18.5 Å². The zero-order valence-electron chi connectivity index (χ0n) is 16.8. The number of anilines is 1. The fourth-order valence-corrected chi connectivity index (χ4v) is 3.81. The summed E-state index contributed by atoms with van der Waals surface area (Å²) in [6.45, 7) is 0.893. The van der Waals surface area contributed by atoms with Gasteiger partial charge in [0, 0.05) is 30.0 Å². The van der Waals surface area contributed by atoms with Crippen LogP contribution in [0.15, 0.2) is 58.3 Å². The SMILES string of the molecule is Cn1cc(C(=O)Nc2ccc3c(c2)OCCO3)c2[nH]c(=O)n(-c3ccc(Cl)cc3)c(=O)c21. The highest BCUT2D eigenvalue weighted by molar-refractivity contribution is 6.30. The number of aryl methyl sites for hydroxylation is 1. The van der Waals surface area contributed by atoms with Crippen molar-refractivity contribution in [1.29, 1.82) is 0 Å². The maximum atomic E-state index is 13.1. The Morgan fingerprint density at radius 3 is 2.53 bits per heavy atom. The minimum absolute atomic E-state index is 0.155. The summed E-state index contributed by atoms with van der Waals surface area (Å²) in [4.78, 5) is 41.5. The molecule has 1 aliphatic rings. The minimum atomic E-state index is -0.663. The van der Waals surface area contributed by atoms with E-state index in [1.165, 1.54) is 10.8 Å².